The van der Waals surface area contributed by atoms with Gasteiger partial charge in [-0.3, -0.25) is 0 Å². The van der Waals surface area contributed by atoms with Crippen LogP contribution in [0.5, 0.6) is 0 Å². The van der Waals surface area contributed by atoms with E-state index in [0.29, 0.717) is 5.82 Å². The number of fused-ring (bicyclic) bond motifs is 1. The highest BCUT2D eigenvalue weighted by atomic mass is 16.1. The van der Waals surface area contributed by atoms with Gasteiger partial charge in [-0.05, 0) is 38.3 Å². The molecule has 1 heterocycles. The summed E-state index contributed by atoms with van der Waals surface area (Å²) in [6.45, 7) is 14.4. The Morgan fingerprint density at radius 2 is 1.63 bits per heavy atom. The van der Waals surface area contributed by atoms with E-state index < -0.39 is 0 Å². The molecule has 2 aromatic carbocycles. The highest BCUT2D eigenvalue weighted by Crippen LogP contribution is 2.22. The summed E-state index contributed by atoms with van der Waals surface area (Å²) in [7, 11) is 0. The Morgan fingerprint density at radius 3 is 2.30 bits per heavy atom. The molecule has 0 aliphatic heterocycles. The number of benzene rings is 2. The van der Waals surface area contributed by atoms with Gasteiger partial charge in [0.05, 0.1) is 5.69 Å². The Bertz CT molecular complexity index is 1060. The van der Waals surface area contributed by atoms with Crippen LogP contribution in [0.2, 0.25) is 0 Å². The molecule has 1 aromatic heterocycles. The van der Waals surface area contributed by atoms with Gasteiger partial charge >= 0.3 is 5.69 Å². The fraction of sp³-hybridized carbons (Fsp3) is 0.308. The fourth-order valence-corrected chi connectivity index (χ4v) is 2.62. The number of nitrogens with zero attached hydrogens (tertiary/aromatic N) is 2. The predicted octanol–water partition coefficient (Wildman–Crippen LogP) is 7.08. The average molecular weight is 406 g/mol. The highest BCUT2D eigenvalue weighted by molar-refractivity contribution is 5.90. The van der Waals surface area contributed by atoms with E-state index in [2.05, 4.69) is 44.0 Å². The maximum Gasteiger partial charge on any atom is 0.348 e. The molecule has 4 nitrogen and oxygen atoms in total. The first-order valence-electron chi connectivity index (χ1n) is 10.6. The first kappa shape index (κ1) is 24.9. The molecule has 0 bridgehead atoms. The lowest BCUT2D eigenvalue weighted by Crippen LogP contribution is -2.16. The normalized spacial score (nSPS) is 10.8. The van der Waals surface area contributed by atoms with Gasteiger partial charge in [0, 0.05) is 5.39 Å². The van der Waals surface area contributed by atoms with Gasteiger partial charge in [-0.25, -0.2) is 14.5 Å². The van der Waals surface area contributed by atoms with E-state index in [1.54, 1.807) is 4.57 Å². The monoisotopic (exact) mass is 405 g/mol. The standard InChI is InChI=1S/C21H21N3O.C3H8.C2H6/c1-15(2)11-12-16(3)13-14-20-22-23-21(25)24(20)19-10-6-8-17-7-4-5-9-18(17)19;1-3-2;1-2/h4-14H,1-3H3,(H,23,25);3H2,1-2H3;1-2H3/b14-13+,16-12-;;. The van der Waals surface area contributed by atoms with Gasteiger partial charge in [0.15, 0.2) is 5.82 Å². The number of hydrogen-bond acceptors (Lipinski definition) is 2. The van der Waals surface area contributed by atoms with Gasteiger partial charge in [0.25, 0.3) is 0 Å². The molecule has 0 atom stereocenters. The molecule has 0 spiro atoms. The lowest BCUT2D eigenvalue weighted by molar-refractivity contribution is 0.984. The van der Waals surface area contributed by atoms with Crippen LogP contribution in [0.3, 0.4) is 0 Å². The first-order valence-corrected chi connectivity index (χ1v) is 10.6. The molecular formula is C26H35N3O. The number of aromatic nitrogens is 3. The minimum Gasteiger partial charge on any atom is -0.246 e. The zero-order valence-corrected chi connectivity index (χ0v) is 19.4. The van der Waals surface area contributed by atoms with Crippen LogP contribution in [-0.4, -0.2) is 14.8 Å². The van der Waals surface area contributed by atoms with Gasteiger partial charge in [-0.15, -0.1) is 0 Å². The molecule has 0 aliphatic rings. The van der Waals surface area contributed by atoms with Crippen molar-refractivity contribution in [1.82, 2.24) is 14.8 Å². The van der Waals surface area contributed by atoms with E-state index >= 15 is 0 Å². The minimum absolute atomic E-state index is 0.248. The predicted molar refractivity (Wildman–Crippen MR) is 131 cm³/mol. The van der Waals surface area contributed by atoms with E-state index in [1.165, 1.54) is 12.0 Å². The number of nitrogens with one attached hydrogen (secondary N) is 1. The van der Waals surface area contributed by atoms with Crippen LogP contribution in [0.25, 0.3) is 22.5 Å². The Balaban J connectivity index is 0.000000826. The smallest absolute Gasteiger partial charge is 0.246 e. The summed E-state index contributed by atoms with van der Waals surface area (Å²) in [5.74, 6) is 0.575. The van der Waals surface area contributed by atoms with E-state index in [1.807, 2.05) is 81.5 Å². The third-order valence-corrected chi connectivity index (χ3v) is 3.88. The van der Waals surface area contributed by atoms with Gasteiger partial charge < -0.3 is 0 Å². The topological polar surface area (TPSA) is 50.7 Å². The summed E-state index contributed by atoms with van der Waals surface area (Å²) < 4.78 is 1.60. The van der Waals surface area contributed by atoms with E-state index in [9.17, 15) is 4.79 Å². The molecule has 0 amide bonds. The fourth-order valence-electron chi connectivity index (χ4n) is 2.62. The number of rotatable bonds is 4. The number of H-pyrrole nitrogens is 1. The minimum atomic E-state index is -0.248. The largest absolute Gasteiger partial charge is 0.348 e. The van der Waals surface area contributed by atoms with Crippen molar-refractivity contribution in [3.8, 4) is 5.69 Å². The molecule has 4 heteroatoms. The van der Waals surface area contributed by atoms with Gasteiger partial charge in [0.2, 0.25) is 0 Å². The lowest BCUT2D eigenvalue weighted by Gasteiger charge is -2.07. The Hall–Kier alpha value is -3.14. The Kier molecular flexibility index (Phi) is 10.9. The van der Waals surface area contributed by atoms with E-state index in [0.717, 1.165) is 22.0 Å². The number of hydrogen-bond donors (Lipinski definition) is 1. The summed E-state index contributed by atoms with van der Waals surface area (Å²) in [6, 6.07) is 13.9. The van der Waals surface area contributed by atoms with Crippen molar-refractivity contribution in [2.45, 2.75) is 54.9 Å². The van der Waals surface area contributed by atoms with Crippen molar-refractivity contribution >= 4 is 16.8 Å². The SMILES string of the molecule is CC.CC(C)=C/C=C(C)\C=C\c1n[nH]c(=O)n1-c1cccc2ccccc12.CCC. The van der Waals surface area contributed by atoms with Crippen LogP contribution in [0.15, 0.2) is 76.6 Å². The quantitative estimate of drug-likeness (QED) is 0.471. The van der Waals surface area contributed by atoms with Crippen LogP contribution in [0.4, 0.5) is 0 Å². The Morgan fingerprint density at radius 1 is 1.00 bits per heavy atom. The Labute approximate surface area is 180 Å². The van der Waals surface area contributed by atoms with Crippen LogP contribution in [0, 0.1) is 0 Å². The summed E-state index contributed by atoms with van der Waals surface area (Å²) in [5.41, 5.74) is 2.89. The van der Waals surface area contributed by atoms with Crippen LogP contribution in [0.1, 0.15) is 60.7 Å². The number of allylic oxidation sites excluding steroid dienone is 5. The first-order chi connectivity index (χ1) is 14.5. The third kappa shape index (κ3) is 7.03. The number of aromatic amines is 1. The van der Waals surface area contributed by atoms with Crippen molar-refractivity contribution in [3.63, 3.8) is 0 Å². The van der Waals surface area contributed by atoms with E-state index in [4.69, 9.17) is 0 Å². The molecule has 1 N–H and O–H groups in total. The lowest BCUT2D eigenvalue weighted by atomic mass is 10.1. The molecule has 0 saturated carbocycles. The average Bonchev–Trinajstić information content (AvgIpc) is 3.12. The van der Waals surface area contributed by atoms with Crippen LogP contribution < -0.4 is 5.69 Å². The van der Waals surface area contributed by atoms with Crippen molar-refractivity contribution in [2.75, 3.05) is 0 Å². The van der Waals surface area contributed by atoms with Crippen LogP contribution >= 0.6 is 0 Å². The van der Waals surface area contributed by atoms with Gasteiger partial charge in [-0.1, -0.05) is 99.9 Å². The molecule has 3 aromatic rings. The van der Waals surface area contributed by atoms with Crippen molar-refractivity contribution < 1.29 is 0 Å². The maximum atomic E-state index is 12.3. The molecule has 0 aliphatic carbocycles. The van der Waals surface area contributed by atoms with Gasteiger partial charge in [-0.2, -0.15) is 5.10 Å². The second-order valence-corrected chi connectivity index (χ2v) is 6.92. The van der Waals surface area contributed by atoms with Crippen molar-refractivity contribution in [1.29, 1.82) is 0 Å². The highest BCUT2D eigenvalue weighted by Gasteiger charge is 2.10. The van der Waals surface area contributed by atoms with Crippen molar-refractivity contribution in [2.24, 2.45) is 0 Å². The molecule has 30 heavy (non-hydrogen) atoms. The van der Waals surface area contributed by atoms with Gasteiger partial charge in [0.1, 0.15) is 0 Å². The zero-order valence-electron chi connectivity index (χ0n) is 19.4. The summed E-state index contributed by atoms with van der Waals surface area (Å²) >= 11 is 0. The van der Waals surface area contributed by atoms with E-state index in [-0.39, 0.29) is 5.69 Å². The van der Waals surface area contributed by atoms with Crippen molar-refractivity contribution in [3.05, 3.63) is 88.1 Å². The second kappa shape index (κ2) is 13.2. The maximum absolute atomic E-state index is 12.3. The molecule has 0 fully saturated rings. The molecule has 0 unspecified atom stereocenters. The summed E-state index contributed by atoms with van der Waals surface area (Å²) in [5, 5.41) is 8.81. The molecule has 0 saturated heterocycles. The molecule has 3 rings (SSSR count). The summed E-state index contributed by atoms with van der Waals surface area (Å²) in [4.78, 5) is 12.3. The molecule has 0 radical (unpaired) electrons. The summed E-state index contributed by atoms with van der Waals surface area (Å²) in [6.07, 6.45) is 9.15. The molecule has 160 valence electrons. The second-order valence-electron chi connectivity index (χ2n) is 6.92. The third-order valence-electron chi connectivity index (χ3n) is 3.88. The van der Waals surface area contributed by atoms with Crippen LogP contribution in [-0.2, 0) is 0 Å². The zero-order chi connectivity index (χ0) is 22.5. The molecular weight excluding hydrogens is 370 g/mol.